The van der Waals surface area contributed by atoms with E-state index in [-0.39, 0.29) is 0 Å². The molecule has 6 aromatic carbocycles. The summed E-state index contributed by atoms with van der Waals surface area (Å²) in [6, 6.07) is 46.7. The molecule has 2 N–H and O–H groups in total. The second-order valence-electron chi connectivity index (χ2n) is 12.3. The van der Waals surface area contributed by atoms with Crippen molar-refractivity contribution in [1.29, 1.82) is 0 Å². The Morgan fingerprint density at radius 2 is 1.38 bits per heavy atom. The summed E-state index contributed by atoms with van der Waals surface area (Å²) in [7, 11) is 0. The summed E-state index contributed by atoms with van der Waals surface area (Å²) in [4.78, 5) is 10.7. The van der Waals surface area contributed by atoms with Crippen molar-refractivity contribution in [1.82, 2.24) is 15.2 Å². The summed E-state index contributed by atoms with van der Waals surface area (Å²) < 4.78 is 8.87. The van der Waals surface area contributed by atoms with E-state index in [1.807, 2.05) is 24.4 Å². The number of nitrogens with one attached hydrogen (secondary N) is 2. The first-order valence-corrected chi connectivity index (χ1v) is 16.2. The van der Waals surface area contributed by atoms with Crippen LogP contribution in [0.1, 0.15) is 34.2 Å². The molecule has 1 unspecified atom stereocenters. The first-order valence-electron chi connectivity index (χ1n) is 16.2. The normalized spacial score (nSPS) is 15.7. The van der Waals surface area contributed by atoms with E-state index in [1.54, 1.807) is 0 Å². The number of aliphatic imine (C=N–C) groups is 2. The molecule has 0 saturated carbocycles. The van der Waals surface area contributed by atoms with Gasteiger partial charge in [-0.05, 0) is 58.9 Å². The predicted octanol–water partition coefficient (Wildman–Crippen LogP) is 9.25. The van der Waals surface area contributed by atoms with Gasteiger partial charge in [-0.25, -0.2) is 9.98 Å². The maximum atomic E-state index is 6.50. The molecule has 0 bridgehead atoms. The third-order valence-corrected chi connectivity index (χ3v) is 9.49. The lowest BCUT2D eigenvalue weighted by Gasteiger charge is -2.25. The molecule has 8 aromatic rings. The molecule has 0 fully saturated rings. The molecule has 10 rings (SSSR count). The van der Waals surface area contributed by atoms with E-state index in [2.05, 4.69) is 137 Å². The number of para-hydroxylation sites is 2. The number of nitrogens with zero attached hydrogens (tertiary/aromatic N) is 3. The zero-order valence-electron chi connectivity index (χ0n) is 25.9. The van der Waals surface area contributed by atoms with E-state index < -0.39 is 6.17 Å². The highest BCUT2D eigenvalue weighted by Crippen LogP contribution is 2.40. The van der Waals surface area contributed by atoms with E-state index in [1.165, 1.54) is 16.2 Å². The Bertz CT molecular complexity index is 2610. The standard InChI is InChI=1S/C42H29N5O/c1-2-11-27(12-3-1)40-44-41(29-19-18-26-10-4-5-13-28(26)24-29)46-42(45-40)39-35(20-21-36-38(39)32-22-23-43-25-37(32)48-36)47-33-16-8-6-14-30(33)31-15-7-9-17-34(31)47/h1-24,41,43H,25H2,(H,44,45,46). The molecule has 0 spiro atoms. The number of fused-ring (bicyclic) bond motifs is 7. The zero-order valence-corrected chi connectivity index (χ0v) is 25.9. The fourth-order valence-corrected chi connectivity index (χ4v) is 7.30. The number of amidine groups is 2. The van der Waals surface area contributed by atoms with E-state index in [0.717, 1.165) is 72.8 Å². The van der Waals surface area contributed by atoms with Crippen LogP contribution >= 0.6 is 0 Å². The van der Waals surface area contributed by atoms with Crippen LogP contribution < -0.4 is 10.6 Å². The molecule has 6 heteroatoms. The molecule has 0 amide bonds. The number of aromatic nitrogens is 1. The van der Waals surface area contributed by atoms with Gasteiger partial charge >= 0.3 is 0 Å². The maximum Gasteiger partial charge on any atom is 0.169 e. The quantitative estimate of drug-likeness (QED) is 0.206. The minimum absolute atomic E-state index is 0.456. The molecule has 228 valence electrons. The van der Waals surface area contributed by atoms with Crippen molar-refractivity contribution in [2.45, 2.75) is 12.7 Å². The Morgan fingerprint density at radius 1 is 0.667 bits per heavy atom. The number of benzene rings is 6. The Kier molecular flexibility index (Phi) is 5.90. The van der Waals surface area contributed by atoms with Crippen LogP contribution in [0.25, 0.3) is 55.3 Å². The summed E-state index contributed by atoms with van der Waals surface area (Å²) in [5.41, 5.74) is 8.18. The molecule has 4 heterocycles. The summed E-state index contributed by atoms with van der Waals surface area (Å²) in [5.74, 6) is 2.44. The average molecular weight is 620 g/mol. The number of furan rings is 1. The van der Waals surface area contributed by atoms with E-state index in [9.17, 15) is 0 Å². The minimum Gasteiger partial charge on any atom is -0.459 e. The van der Waals surface area contributed by atoms with Crippen LogP contribution in [0.2, 0.25) is 0 Å². The SMILES string of the molecule is C1=Cc2c(oc3ccc(-n4c5ccccc5c5ccccc54)c(C4=NC(c5ccc6ccccc6c5)N=C(c5ccccc5)N4)c23)CN1. The van der Waals surface area contributed by atoms with Gasteiger partial charge in [0.05, 0.1) is 28.8 Å². The Labute approximate surface area is 276 Å². The van der Waals surface area contributed by atoms with Gasteiger partial charge in [0.1, 0.15) is 23.0 Å². The van der Waals surface area contributed by atoms with E-state index in [4.69, 9.17) is 14.4 Å². The molecule has 48 heavy (non-hydrogen) atoms. The van der Waals surface area contributed by atoms with Gasteiger partial charge in [-0.1, -0.05) is 103 Å². The molecule has 0 saturated heterocycles. The molecule has 2 aliphatic rings. The molecular weight excluding hydrogens is 590 g/mol. The Balaban J connectivity index is 1.28. The van der Waals surface area contributed by atoms with Crippen molar-refractivity contribution < 1.29 is 4.42 Å². The lowest BCUT2D eigenvalue weighted by Crippen LogP contribution is -2.36. The largest absolute Gasteiger partial charge is 0.459 e. The molecule has 1 atom stereocenters. The van der Waals surface area contributed by atoms with Gasteiger partial charge in [0.25, 0.3) is 0 Å². The second-order valence-corrected chi connectivity index (χ2v) is 12.3. The summed E-state index contributed by atoms with van der Waals surface area (Å²) in [5, 5.41) is 12.8. The van der Waals surface area contributed by atoms with Gasteiger partial charge in [-0.15, -0.1) is 0 Å². The van der Waals surface area contributed by atoms with Crippen molar-refractivity contribution in [2.75, 3.05) is 0 Å². The minimum atomic E-state index is -0.456. The first-order chi connectivity index (χ1) is 23.8. The maximum absolute atomic E-state index is 6.50. The molecule has 0 aliphatic carbocycles. The van der Waals surface area contributed by atoms with Crippen LogP contribution in [0.15, 0.2) is 154 Å². The van der Waals surface area contributed by atoms with Crippen molar-refractivity contribution in [3.8, 4) is 5.69 Å². The van der Waals surface area contributed by atoms with Gasteiger partial charge in [-0.2, -0.15) is 0 Å². The third-order valence-electron chi connectivity index (χ3n) is 9.49. The van der Waals surface area contributed by atoms with Crippen molar-refractivity contribution in [2.24, 2.45) is 9.98 Å². The molecule has 0 radical (unpaired) electrons. The number of hydrogen-bond acceptors (Lipinski definition) is 5. The van der Waals surface area contributed by atoms with Crippen LogP contribution in [0.5, 0.6) is 0 Å². The monoisotopic (exact) mass is 619 g/mol. The van der Waals surface area contributed by atoms with Gasteiger partial charge in [0.15, 0.2) is 6.17 Å². The van der Waals surface area contributed by atoms with Gasteiger partial charge < -0.3 is 19.6 Å². The van der Waals surface area contributed by atoms with Crippen LogP contribution in [-0.4, -0.2) is 16.2 Å². The Morgan fingerprint density at radius 3 is 2.19 bits per heavy atom. The summed E-state index contributed by atoms with van der Waals surface area (Å²) in [6.45, 7) is 0.626. The van der Waals surface area contributed by atoms with Gasteiger partial charge in [0, 0.05) is 27.3 Å². The van der Waals surface area contributed by atoms with Gasteiger partial charge in [0.2, 0.25) is 0 Å². The average Bonchev–Trinajstić information content (AvgIpc) is 3.70. The number of rotatable bonds is 4. The predicted molar refractivity (Wildman–Crippen MR) is 196 cm³/mol. The lowest BCUT2D eigenvalue weighted by molar-refractivity contribution is 0.532. The first kappa shape index (κ1) is 26.8. The third kappa shape index (κ3) is 4.12. The smallest absolute Gasteiger partial charge is 0.169 e. The van der Waals surface area contributed by atoms with E-state index >= 15 is 0 Å². The summed E-state index contributed by atoms with van der Waals surface area (Å²) >= 11 is 0. The molecule has 2 aromatic heterocycles. The van der Waals surface area contributed by atoms with Gasteiger partial charge in [-0.3, -0.25) is 0 Å². The molecule has 6 nitrogen and oxygen atoms in total. The van der Waals surface area contributed by atoms with Crippen LogP contribution in [0.3, 0.4) is 0 Å². The fourth-order valence-electron chi connectivity index (χ4n) is 7.30. The van der Waals surface area contributed by atoms with Crippen molar-refractivity contribution in [3.05, 3.63) is 168 Å². The highest BCUT2D eigenvalue weighted by Gasteiger charge is 2.29. The highest BCUT2D eigenvalue weighted by molar-refractivity contribution is 6.23. The van der Waals surface area contributed by atoms with Crippen molar-refractivity contribution >= 4 is 61.3 Å². The Hall–Kier alpha value is -6.40. The van der Waals surface area contributed by atoms with Crippen LogP contribution in [-0.2, 0) is 6.54 Å². The number of hydrogen-bond donors (Lipinski definition) is 2. The molecular formula is C42H29N5O. The highest BCUT2D eigenvalue weighted by atomic mass is 16.3. The zero-order chi connectivity index (χ0) is 31.6. The van der Waals surface area contributed by atoms with Crippen LogP contribution in [0.4, 0.5) is 0 Å². The van der Waals surface area contributed by atoms with Crippen LogP contribution in [0, 0.1) is 0 Å². The lowest BCUT2D eigenvalue weighted by atomic mass is 9.99. The summed E-state index contributed by atoms with van der Waals surface area (Å²) in [6.07, 6.45) is 3.65. The topological polar surface area (TPSA) is 66.8 Å². The second kappa shape index (κ2) is 10.6. The van der Waals surface area contributed by atoms with E-state index in [0.29, 0.717) is 6.54 Å². The fraction of sp³-hybridized carbons (Fsp3) is 0.0476. The molecule has 2 aliphatic heterocycles. The van der Waals surface area contributed by atoms with Crippen molar-refractivity contribution in [3.63, 3.8) is 0 Å².